The van der Waals surface area contributed by atoms with Crippen LogP contribution in [0.5, 0.6) is 0 Å². The van der Waals surface area contributed by atoms with Crippen molar-refractivity contribution in [1.82, 2.24) is 0 Å². The van der Waals surface area contributed by atoms with Crippen LogP contribution in [0.4, 0.5) is 0 Å². The number of halogens is 1. The minimum atomic E-state index is -0.395. The van der Waals surface area contributed by atoms with E-state index in [0.29, 0.717) is 40.4 Å². The summed E-state index contributed by atoms with van der Waals surface area (Å²) in [6.07, 6.45) is 11.5. The van der Waals surface area contributed by atoms with Gasteiger partial charge in [-0.25, -0.2) is 0 Å². The summed E-state index contributed by atoms with van der Waals surface area (Å²) in [5.74, 6) is 2.42. The zero-order valence-electron chi connectivity index (χ0n) is 26.9. The van der Waals surface area contributed by atoms with E-state index in [0.717, 1.165) is 62.5 Å². The number of benzene rings is 1. The van der Waals surface area contributed by atoms with Gasteiger partial charge in [0.15, 0.2) is 5.78 Å². The lowest BCUT2D eigenvalue weighted by atomic mass is 9.32. The summed E-state index contributed by atoms with van der Waals surface area (Å²) in [6, 6.07) is 7.87. The van der Waals surface area contributed by atoms with E-state index in [-0.39, 0.29) is 27.6 Å². The van der Waals surface area contributed by atoms with Gasteiger partial charge in [-0.1, -0.05) is 70.5 Å². The summed E-state index contributed by atoms with van der Waals surface area (Å²) in [4.78, 5) is 27.6. The van der Waals surface area contributed by atoms with E-state index in [9.17, 15) is 9.59 Å². The SMILES string of the molecule is C=C(C)[C@@H]1CC[C@]2(C(=O)OC)CC[C@]3(C)[C@H](CC[C@@H]4[C@@]5(C)C/C(=C\c6ccc(Cl)cc6)C(=O)C(C)(C)[C@H]5CC[C@]43C)[C@H]12. The predicted molar refractivity (Wildman–Crippen MR) is 171 cm³/mol. The van der Waals surface area contributed by atoms with Crippen LogP contribution in [0.25, 0.3) is 6.08 Å². The number of carbonyl (C=O) groups excluding carboxylic acids is 2. The fourth-order valence-electron chi connectivity index (χ4n) is 12.4. The number of methoxy groups -OCH3 is 1. The molecule has 0 saturated heterocycles. The quantitative estimate of drug-likeness (QED) is 0.200. The number of hydrogen-bond donors (Lipinski definition) is 0. The van der Waals surface area contributed by atoms with Gasteiger partial charge in [-0.3, -0.25) is 9.59 Å². The molecule has 5 aliphatic carbocycles. The minimum absolute atomic E-state index is 0.0192. The highest BCUT2D eigenvalue weighted by Crippen LogP contribution is 2.77. The summed E-state index contributed by atoms with van der Waals surface area (Å²) < 4.78 is 5.54. The number of carbonyl (C=O) groups is 2. The van der Waals surface area contributed by atoms with Gasteiger partial charge in [0.1, 0.15) is 0 Å². The Morgan fingerprint density at radius 3 is 2.26 bits per heavy atom. The maximum atomic E-state index is 14.1. The minimum Gasteiger partial charge on any atom is -0.469 e. The number of ketones is 1. The monoisotopic (exact) mass is 590 g/mol. The Balaban J connectivity index is 1.41. The first-order valence-corrected chi connectivity index (χ1v) is 16.8. The second-order valence-corrected chi connectivity index (χ2v) is 16.7. The molecule has 0 amide bonds. The van der Waals surface area contributed by atoms with Gasteiger partial charge in [-0.05, 0) is 140 Å². The Morgan fingerprint density at radius 1 is 0.929 bits per heavy atom. The summed E-state index contributed by atoms with van der Waals surface area (Å²) in [5, 5.41) is 0.715. The standard InChI is InChI=1S/C38H51ClO3/c1-23(2)27-15-18-38(33(41)42-8)20-19-36(6)28(31(27)38)13-14-30-35(5)22-25(21-24-9-11-26(39)12-10-24)32(40)34(3,4)29(35)16-17-37(30,36)7/h9-12,21,27-31H,1,13-20,22H2,2-8H3/b25-21+/t27-,28+,29+,30+,31-,35-,36+,37+,38-/m0/s1. The van der Waals surface area contributed by atoms with Crippen LogP contribution in [-0.4, -0.2) is 18.9 Å². The van der Waals surface area contributed by atoms with Crippen LogP contribution in [0.2, 0.25) is 5.02 Å². The summed E-state index contributed by atoms with van der Waals surface area (Å²) in [5.41, 5.74) is 2.83. The van der Waals surface area contributed by atoms with Crippen LogP contribution >= 0.6 is 11.6 Å². The van der Waals surface area contributed by atoms with E-state index >= 15 is 0 Å². The molecule has 1 aromatic carbocycles. The third-order valence-electron chi connectivity index (χ3n) is 14.5. The van der Waals surface area contributed by atoms with Crippen LogP contribution in [0.1, 0.15) is 105 Å². The number of rotatable bonds is 3. The molecule has 0 aliphatic heterocycles. The Kier molecular flexibility index (Phi) is 7.05. The van der Waals surface area contributed by atoms with Gasteiger partial charge in [0.2, 0.25) is 0 Å². The van der Waals surface area contributed by atoms with Crippen molar-refractivity contribution in [1.29, 1.82) is 0 Å². The molecular formula is C38H51ClO3. The van der Waals surface area contributed by atoms with E-state index in [4.69, 9.17) is 16.3 Å². The molecule has 1 aromatic rings. The summed E-state index contributed by atoms with van der Waals surface area (Å²) in [7, 11) is 1.58. The fraction of sp³-hybridized carbons (Fsp3) is 0.684. The zero-order chi connectivity index (χ0) is 30.5. The molecule has 6 rings (SSSR count). The topological polar surface area (TPSA) is 43.4 Å². The Hall–Kier alpha value is -1.87. The molecular weight excluding hydrogens is 540 g/mol. The highest BCUT2D eigenvalue weighted by Gasteiger charge is 2.72. The highest BCUT2D eigenvalue weighted by molar-refractivity contribution is 6.30. The molecule has 3 nitrogen and oxygen atoms in total. The van der Waals surface area contributed by atoms with Gasteiger partial charge in [0.05, 0.1) is 12.5 Å². The molecule has 228 valence electrons. The van der Waals surface area contributed by atoms with E-state index in [1.54, 1.807) is 7.11 Å². The van der Waals surface area contributed by atoms with Gasteiger partial charge in [-0.2, -0.15) is 0 Å². The van der Waals surface area contributed by atoms with Gasteiger partial charge in [0, 0.05) is 10.4 Å². The number of esters is 1. The first-order valence-electron chi connectivity index (χ1n) is 16.4. The first kappa shape index (κ1) is 30.2. The highest BCUT2D eigenvalue weighted by atomic mass is 35.5. The second-order valence-electron chi connectivity index (χ2n) is 16.3. The zero-order valence-corrected chi connectivity index (χ0v) is 27.7. The lowest BCUT2D eigenvalue weighted by Crippen LogP contribution is -2.67. The molecule has 0 aromatic heterocycles. The fourth-order valence-corrected chi connectivity index (χ4v) is 12.6. The molecule has 0 unspecified atom stereocenters. The van der Waals surface area contributed by atoms with Crippen molar-refractivity contribution in [2.45, 2.75) is 99.3 Å². The summed E-state index contributed by atoms with van der Waals surface area (Å²) in [6.45, 7) is 18.8. The molecule has 0 spiro atoms. The lowest BCUT2D eigenvalue weighted by molar-refractivity contribution is -0.232. The van der Waals surface area contributed by atoms with Crippen molar-refractivity contribution in [2.75, 3.05) is 7.11 Å². The van der Waals surface area contributed by atoms with Gasteiger partial charge in [0.25, 0.3) is 0 Å². The van der Waals surface area contributed by atoms with Crippen molar-refractivity contribution in [3.63, 3.8) is 0 Å². The molecule has 42 heavy (non-hydrogen) atoms. The van der Waals surface area contributed by atoms with E-state index in [1.807, 2.05) is 24.3 Å². The molecule has 5 fully saturated rings. The van der Waals surface area contributed by atoms with E-state index in [2.05, 4.69) is 54.2 Å². The largest absolute Gasteiger partial charge is 0.469 e. The van der Waals surface area contributed by atoms with Gasteiger partial charge in [-0.15, -0.1) is 0 Å². The van der Waals surface area contributed by atoms with Crippen molar-refractivity contribution < 1.29 is 14.3 Å². The molecule has 5 saturated carbocycles. The van der Waals surface area contributed by atoms with Crippen molar-refractivity contribution in [3.05, 3.63) is 52.6 Å². The van der Waals surface area contributed by atoms with Crippen LogP contribution in [-0.2, 0) is 14.3 Å². The Bertz CT molecular complexity index is 1340. The van der Waals surface area contributed by atoms with Crippen molar-refractivity contribution >= 4 is 29.4 Å². The molecule has 0 heterocycles. The molecule has 0 N–H and O–H groups in total. The first-order chi connectivity index (χ1) is 19.7. The van der Waals surface area contributed by atoms with Crippen molar-refractivity contribution in [3.8, 4) is 0 Å². The number of allylic oxidation sites excluding steroid dienone is 2. The summed E-state index contributed by atoms with van der Waals surface area (Å²) >= 11 is 6.18. The van der Waals surface area contributed by atoms with Crippen LogP contribution in [0, 0.1) is 56.7 Å². The lowest BCUT2D eigenvalue weighted by Gasteiger charge is -2.72. The molecule has 5 aliphatic rings. The third-order valence-corrected chi connectivity index (χ3v) is 14.7. The molecule has 0 bridgehead atoms. The average molecular weight is 591 g/mol. The number of ether oxygens (including phenoxy) is 1. The maximum absolute atomic E-state index is 14.1. The average Bonchev–Trinajstić information content (AvgIpc) is 3.34. The number of hydrogen-bond acceptors (Lipinski definition) is 3. The Morgan fingerprint density at radius 2 is 1.62 bits per heavy atom. The molecule has 4 heteroatoms. The smallest absolute Gasteiger partial charge is 0.312 e. The number of fused-ring (bicyclic) bond motifs is 7. The van der Waals surface area contributed by atoms with Crippen LogP contribution in [0.3, 0.4) is 0 Å². The molecule has 9 atom stereocenters. The van der Waals surface area contributed by atoms with Gasteiger partial charge < -0.3 is 4.74 Å². The second kappa shape index (κ2) is 9.82. The third kappa shape index (κ3) is 3.90. The van der Waals surface area contributed by atoms with Crippen molar-refractivity contribution in [2.24, 2.45) is 56.7 Å². The number of Topliss-reactive ketones (excluding diaryl/α,β-unsaturated/α-hetero) is 1. The normalized spacial score (nSPS) is 44.9. The van der Waals surface area contributed by atoms with Crippen LogP contribution < -0.4 is 0 Å². The predicted octanol–water partition coefficient (Wildman–Crippen LogP) is 9.73. The molecule has 0 radical (unpaired) electrons. The van der Waals surface area contributed by atoms with E-state index in [1.165, 1.54) is 12.0 Å². The maximum Gasteiger partial charge on any atom is 0.312 e. The Labute approximate surface area is 258 Å². The van der Waals surface area contributed by atoms with Gasteiger partial charge >= 0.3 is 5.97 Å². The van der Waals surface area contributed by atoms with Crippen LogP contribution in [0.15, 0.2) is 42.0 Å². The van der Waals surface area contributed by atoms with E-state index < -0.39 is 5.41 Å².